The summed E-state index contributed by atoms with van der Waals surface area (Å²) in [6, 6.07) is 13.9. The first-order chi connectivity index (χ1) is 13.0. The van der Waals surface area contributed by atoms with E-state index in [1.165, 1.54) is 16.7 Å². The molecule has 0 radical (unpaired) electrons. The Bertz CT molecular complexity index is 907. The largest absolute Gasteiger partial charge is 0.497 e. The number of carbonyl (C=O) groups excluding carboxylic acids is 1. The lowest BCUT2D eigenvalue weighted by Crippen LogP contribution is -2.27. The quantitative estimate of drug-likeness (QED) is 0.586. The molecule has 0 unspecified atom stereocenters. The fourth-order valence-electron chi connectivity index (χ4n) is 2.38. The van der Waals surface area contributed by atoms with Crippen LogP contribution in [0.1, 0.15) is 5.56 Å². The predicted molar refractivity (Wildman–Crippen MR) is 108 cm³/mol. The normalized spacial score (nSPS) is 15.3. The number of rotatable bonds is 6. The zero-order chi connectivity index (χ0) is 19.4. The summed E-state index contributed by atoms with van der Waals surface area (Å²) in [7, 11) is 1.58. The van der Waals surface area contributed by atoms with Gasteiger partial charge in [0.05, 0.1) is 17.7 Å². The number of thiocarbonyl (C=S) groups is 1. The molecule has 1 fully saturated rings. The summed E-state index contributed by atoms with van der Waals surface area (Å²) in [5.41, 5.74) is 1.46. The molecule has 1 saturated heterocycles. The number of carboxylic acids is 1. The second-order valence-electron chi connectivity index (χ2n) is 5.47. The molecule has 138 valence electrons. The Morgan fingerprint density at radius 2 is 1.78 bits per heavy atom. The van der Waals surface area contributed by atoms with Crippen molar-refractivity contribution in [3.63, 3.8) is 0 Å². The molecule has 0 spiro atoms. The van der Waals surface area contributed by atoms with Gasteiger partial charge in [-0.3, -0.25) is 9.69 Å². The van der Waals surface area contributed by atoms with Crippen molar-refractivity contribution in [2.75, 3.05) is 18.6 Å². The van der Waals surface area contributed by atoms with Gasteiger partial charge in [-0.2, -0.15) is 0 Å². The van der Waals surface area contributed by atoms with Crippen molar-refractivity contribution in [2.24, 2.45) is 0 Å². The molecule has 1 heterocycles. The van der Waals surface area contributed by atoms with Crippen LogP contribution in [-0.2, 0) is 9.59 Å². The average Bonchev–Trinajstić information content (AvgIpc) is 2.94. The molecule has 0 saturated carbocycles. The Morgan fingerprint density at radius 1 is 1.15 bits per heavy atom. The summed E-state index contributed by atoms with van der Waals surface area (Å²) in [5, 5.41) is 8.62. The highest BCUT2D eigenvalue weighted by atomic mass is 32.2. The van der Waals surface area contributed by atoms with Gasteiger partial charge in [-0.1, -0.05) is 36.1 Å². The van der Waals surface area contributed by atoms with Crippen LogP contribution in [0.2, 0.25) is 0 Å². The third kappa shape index (κ3) is 4.47. The summed E-state index contributed by atoms with van der Waals surface area (Å²) < 4.78 is 10.7. The van der Waals surface area contributed by atoms with Crippen molar-refractivity contribution < 1.29 is 24.2 Å². The minimum Gasteiger partial charge on any atom is -0.497 e. The number of aliphatic carboxylic acids is 1. The minimum absolute atomic E-state index is 0.193. The summed E-state index contributed by atoms with van der Waals surface area (Å²) in [6.07, 6.45) is 1.74. The van der Waals surface area contributed by atoms with Crippen LogP contribution >= 0.6 is 24.0 Å². The van der Waals surface area contributed by atoms with Gasteiger partial charge in [0.1, 0.15) is 11.5 Å². The Morgan fingerprint density at radius 3 is 2.37 bits per heavy atom. The van der Waals surface area contributed by atoms with Crippen LogP contribution in [0.3, 0.4) is 0 Å². The van der Waals surface area contributed by atoms with E-state index in [1.807, 2.05) is 0 Å². The Labute approximate surface area is 165 Å². The van der Waals surface area contributed by atoms with Crippen molar-refractivity contribution in [1.82, 2.24) is 0 Å². The molecule has 6 nitrogen and oxygen atoms in total. The van der Waals surface area contributed by atoms with Crippen molar-refractivity contribution >= 4 is 51.9 Å². The highest BCUT2D eigenvalue weighted by Gasteiger charge is 2.33. The molecule has 0 aliphatic carbocycles. The van der Waals surface area contributed by atoms with Crippen molar-refractivity contribution in [3.8, 4) is 11.5 Å². The average molecular weight is 401 g/mol. The fourth-order valence-corrected chi connectivity index (χ4v) is 3.68. The highest BCUT2D eigenvalue weighted by Crippen LogP contribution is 2.36. The van der Waals surface area contributed by atoms with E-state index in [9.17, 15) is 9.59 Å². The van der Waals surface area contributed by atoms with Gasteiger partial charge in [0.2, 0.25) is 0 Å². The van der Waals surface area contributed by atoms with Gasteiger partial charge in [0, 0.05) is 0 Å². The molecule has 0 bridgehead atoms. The predicted octanol–water partition coefficient (Wildman–Crippen LogP) is 3.56. The maximum atomic E-state index is 12.7. The molecule has 0 aromatic heterocycles. The second kappa shape index (κ2) is 8.24. The fraction of sp³-hybridized carbons (Fsp3) is 0.105. The first-order valence-electron chi connectivity index (χ1n) is 7.84. The zero-order valence-electron chi connectivity index (χ0n) is 14.2. The molecule has 1 aliphatic rings. The first kappa shape index (κ1) is 18.9. The molecule has 1 aliphatic heterocycles. The summed E-state index contributed by atoms with van der Waals surface area (Å²) >= 11 is 6.58. The van der Waals surface area contributed by atoms with E-state index >= 15 is 0 Å². The van der Waals surface area contributed by atoms with Crippen molar-refractivity contribution in [2.45, 2.75) is 0 Å². The zero-order valence-corrected chi connectivity index (χ0v) is 15.9. The third-order valence-electron chi connectivity index (χ3n) is 3.66. The van der Waals surface area contributed by atoms with E-state index in [0.717, 1.165) is 5.56 Å². The van der Waals surface area contributed by atoms with Gasteiger partial charge < -0.3 is 14.6 Å². The second-order valence-corrected chi connectivity index (χ2v) is 7.14. The molecule has 27 heavy (non-hydrogen) atoms. The minimum atomic E-state index is -1.04. The van der Waals surface area contributed by atoms with E-state index in [-0.39, 0.29) is 5.91 Å². The van der Waals surface area contributed by atoms with Crippen LogP contribution in [0.25, 0.3) is 6.08 Å². The number of carboxylic acid groups (broad SMARTS) is 1. The number of thioether (sulfide) groups is 1. The molecule has 0 atom stereocenters. The lowest BCUT2D eigenvalue weighted by molar-refractivity contribution is -0.139. The van der Waals surface area contributed by atoms with Crippen LogP contribution in [0.15, 0.2) is 53.4 Å². The van der Waals surface area contributed by atoms with Crippen molar-refractivity contribution in [1.29, 1.82) is 0 Å². The SMILES string of the molecule is COc1ccc(N2C(=O)/C(=C\c3ccc(OCC(=O)O)cc3)SC2=S)cc1. The lowest BCUT2D eigenvalue weighted by atomic mass is 10.2. The van der Waals surface area contributed by atoms with Crippen LogP contribution in [0, 0.1) is 0 Å². The standard InChI is InChI=1S/C19H15NO5S2/c1-24-14-8-4-13(5-9-14)20-18(23)16(27-19(20)26)10-12-2-6-15(7-3-12)25-11-17(21)22/h2-10H,11H2,1H3,(H,21,22)/b16-10+. The Kier molecular flexibility index (Phi) is 5.78. The number of nitrogens with zero attached hydrogens (tertiary/aromatic N) is 1. The van der Waals surface area contributed by atoms with Crippen LogP contribution in [0.4, 0.5) is 5.69 Å². The topological polar surface area (TPSA) is 76.1 Å². The third-order valence-corrected chi connectivity index (χ3v) is 4.97. The van der Waals surface area contributed by atoms with E-state index in [4.69, 9.17) is 26.8 Å². The number of benzene rings is 2. The van der Waals surface area contributed by atoms with Gasteiger partial charge in [0.15, 0.2) is 10.9 Å². The number of ether oxygens (including phenoxy) is 2. The number of methoxy groups -OCH3 is 1. The Hall–Kier alpha value is -2.84. The van der Waals surface area contributed by atoms with E-state index in [2.05, 4.69) is 0 Å². The molecule has 2 aromatic carbocycles. The van der Waals surface area contributed by atoms with Gasteiger partial charge in [-0.15, -0.1) is 0 Å². The first-order valence-corrected chi connectivity index (χ1v) is 9.07. The highest BCUT2D eigenvalue weighted by molar-refractivity contribution is 8.27. The summed E-state index contributed by atoms with van der Waals surface area (Å²) in [5.74, 6) is -0.0899. The summed E-state index contributed by atoms with van der Waals surface area (Å²) in [6.45, 7) is -0.403. The van der Waals surface area contributed by atoms with Crippen LogP contribution in [0.5, 0.6) is 11.5 Å². The van der Waals surface area contributed by atoms with Crippen molar-refractivity contribution in [3.05, 3.63) is 59.0 Å². The molecule has 1 amide bonds. The number of anilines is 1. The number of hydrogen-bond acceptors (Lipinski definition) is 6. The molecule has 1 N–H and O–H groups in total. The molecule has 8 heteroatoms. The molecule has 3 rings (SSSR count). The summed E-state index contributed by atoms with van der Waals surface area (Å²) in [4.78, 5) is 25.3. The number of hydrogen-bond donors (Lipinski definition) is 1. The van der Waals surface area contributed by atoms with E-state index in [1.54, 1.807) is 61.7 Å². The molecule has 2 aromatic rings. The monoisotopic (exact) mass is 401 g/mol. The Balaban J connectivity index is 1.76. The maximum absolute atomic E-state index is 12.7. The molecular weight excluding hydrogens is 386 g/mol. The van der Waals surface area contributed by atoms with Gasteiger partial charge in [0.25, 0.3) is 5.91 Å². The van der Waals surface area contributed by atoms with Gasteiger partial charge in [-0.05, 0) is 48.0 Å². The van der Waals surface area contributed by atoms with E-state index in [0.29, 0.717) is 26.4 Å². The number of carbonyl (C=O) groups is 2. The smallest absolute Gasteiger partial charge is 0.341 e. The van der Waals surface area contributed by atoms with E-state index < -0.39 is 12.6 Å². The van der Waals surface area contributed by atoms with Crippen LogP contribution < -0.4 is 14.4 Å². The molecular formula is C19H15NO5S2. The van der Waals surface area contributed by atoms with Gasteiger partial charge in [-0.25, -0.2) is 4.79 Å². The van der Waals surface area contributed by atoms with Gasteiger partial charge >= 0.3 is 5.97 Å². The lowest BCUT2D eigenvalue weighted by Gasteiger charge is -2.14. The number of amides is 1. The maximum Gasteiger partial charge on any atom is 0.341 e. The van der Waals surface area contributed by atoms with Crippen LogP contribution in [-0.4, -0.2) is 35.0 Å².